The molecule has 1 aromatic rings. The van der Waals surface area contributed by atoms with Crippen molar-refractivity contribution in [3.8, 4) is 0 Å². The van der Waals surface area contributed by atoms with Gasteiger partial charge in [0.1, 0.15) is 0 Å². The molecule has 0 aromatic heterocycles. The quantitative estimate of drug-likeness (QED) is 0.171. The molecule has 0 heterocycles. The van der Waals surface area contributed by atoms with Crippen molar-refractivity contribution in [3.63, 3.8) is 0 Å². The number of benzene rings is 1. The molecule has 0 aliphatic heterocycles. The van der Waals surface area contributed by atoms with Gasteiger partial charge in [0, 0.05) is 0 Å². The van der Waals surface area contributed by atoms with E-state index in [2.05, 4.69) is 4.84 Å². The van der Waals surface area contributed by atoms with Crippen LogP contribution in [0, 0.1) is 14.7 Å². The van der Waals surface area contributed by atoms with Crippen molar-refractivity contribution in [1.82, 2.24) is 0 Å². The van der Waals surface area contributed by atoms with E-state index in [-0.39, 0.29) is 181 Å². The van der Waals surface area contributed by atoms with Gasteiger partial charge < -0.3 is 25.5 Å². The molecule has 0 radical (unpaired) electrons. The van der Waals surface area contributed by atoms with Crippen LogP contribution in [-0.2, 0) is 9.63 Å². The predicted octanol–water partition coefficient (Wildman–Crippen LogP) is -7.45. The number of nitrogens with zero attached hydrogens (tertiary/aromatic N) is 3. The number of carbonyl (C=O) groups excluding carboxylic acids is 1. The maximum Gasteiger partial charge on any atom is 2.00 e. The molecular weight excluding hydrogens is 431 g/mol. The van der Waals surface area contributed by atoms with E-state index in [1.165, 1.54) is 22.8 Å². The second kappa shape index (κ2) is 50.2. The smallest absolute Gasteiger partial charge is 1.00 e. The monoisotopic (exact) mass is 447 g/mol. The van der Waals surface area contributed by atoms with E-state index in [9.17, 15) is 9.70 Å². The summed E-state index contributed by atoms with van der Waals surface area (Å²) in [7, 11) is 0. The fourth-order valence-corrected chi connectivity index (χ4v) is 0.661. The van der Waals surface area contributed by atoms with E-state index in [1.807, 2.05) is 5.34 Å². The van der Waals surface area contributed by atoms with Crippen LogP contribution in [0.1, 0.15) is 20.3 Å². The summed E-state index contributed by atoms with van der Waals surface area (Å²) in [5.74, 6) is -0.736. The molecular formula is C8H16Ca2N3Na3O9. The Morgan fingerprint density at radius 3 is 1.48 bits per heavy atom. The molecule has 0 amide bonds. The fraction of sp³-hybridized carbons (Fsp3) is 0. The summed E-state index contributed by atoms with van der Waals surface area (Å²) in [5.41, 5.74) is 0.312. The zero-order valence-electron chi connectivity index (χ0n) is 21.0. The van der Waals surface area contributed by atoms with E-state index < -0.39 is 5.97 Å². The summed E-state index contributed by atoms with van der Waals surface area (Å²) in [6, 6.07) is 8.16. The minimum atomic E-state index is -0.736. The largest absolute Gasteiger partial charge is 2.00 e. The molecule has 0 fully saturated rings. The molecule has 0 atom stereocenters. The SMILES string of the molecule is O=CO.O=NO.O=NO.O=NOC(=O)c1ccccc1.[Ca+2].[Ca+2].[H-].[H-].[H-].[H-].[H-].[H-].[H-].[Na+].[Na+].[Na+]. The molecule has 1 rings (SSSR count). The summed E-state index contributed by atoms with van der Waals surface area (Å²) in [6.45, 7) is -0.250. The zero-order chi connectivity index (χ0) is 16.2. The van der Waals surface area contributed by atoms with Crippen molar-refractivity contribution < 1.29 is 129 Å². The Labute approximate surface area is 278 Å². The van der Waals surface area contributed by atoms with Gasteiger partial charge in [0.2, 0.25) is 0 Å². The molecule has 1 aromatic carbocycles. The van der Waals surface area contributed by atoms with Gasteiger partial charge in [0.15, 0.2) is 16.0 Å². The second-order valence-electron chi connectivity index (χ2n) is 2.09. The van der Waals surface area contributed by atoms with E-state index >= 15 is 0 Å². The summed E-state index contributed by atoms with van der Waals surface area (Å²) in [5, 5.41) is 24.7. The Morgan fingerprint density at radius 1 is 0.960 bits per heavy atom. The van der Waals surface area contributed by atoms with Gasteiger partial charge in [-0.3, -0.25) is 9.63 Å². The topological polar surface area (TPSA) is 192 Å². The van der Waals surface area contributed by atoms with Crippen LogP contribution < -0.4 is 88.7 Å². The van der Waals surface area contributed by atoms with Crippen molar-refractivity contribution in [2.45, 2.75) is 0 Å². The summed E-state index contributed by atoms with van der Waals surface area (Å²) in [6.07, 6.45) is 0. The van der Waals surface area contributed by atoms with Gasteiger partial charge in [0.25, 0.3) is 6.47 Å². The van der Waals surface area contributed by atoms with Crippen molar-refractivity contribution in [3.05, 3.63) is 50.6 Å². The normalized spacial score (nSPS) is 5.28. The van der Waals surface area contributed by atoms with Gasteiger partial charge in [-0.15, -0.1) is 14.7 Å². The third-order valence-corrected chi connectivity index (χ3v) is 1.13. The molecule has 0 saturated carbocycles. The number of hydrogen-bond donors (Lipinski definition) is 3. The number of hydrogen-bond acceptors (Lipinski definition) is 9. The van der Waals surface area contributed by atoms with Gasteiger partial charge in [-0.2, -0.15) is 0 Å². The van der Waals surface area contributed by atoms with E-state index in [4.69, 9.17) is 30.1 Å². The van der Waals surface area contributed by atoms with Crippen LogP contribution >= 0.6 is 0 Å². The second-order valence-corrected chi connectivity index (χ2v) is 2.09. The molecule has 0 spiro atoms. The molecule has 0 bridgehead atoms. The Hall–Kier alpha value is 2.08. The third kappa shape index (κ3) is 51.8. The average molecular weight is 447 g/mol. The zero-order valence-corrected chi connectivity index (χ0v) is 24.4. The standard InChI is InChI=1S/C7H5NO3.CH2O2.2Ca.2HNO2.3Na.7H/c9-7(11-8-10)6-4-2-1-3-5-6;2-1-3;;;2*2-1-3;;;;;;;;;;/h1-5H;1H,(H,2,3);;;2*(H,2,3);;;;;;;;;;/q;;2*+2;;;3*+1;7*-1. The molecule has 25 heavy (non-hydrogen) atoms. The van der Waals surface area contributed by atoms with Crippen LogP contribution in [-0.4, -0.2) is 103 Å². The first-order valence-electron chi connectivity index (χ1n) is 4.19. The van der Waals surface area contributed by atoms with Crippen LogP contribution in [0.2, 0.25) is 0 Å². The van der Waals surface area contributed by atoms with Crippen LogP contribution in [0.3, 0.4) is 0 Å². The summed E-state index contributed by atoms with van der Waals surface area (Å²) >= 11 is 0. The summed E-state index contributed by atoms with van der Waals surface area (Å²) in [4.78, 5) is 48.7. The minimum Gasteiger partial charge on any atom is -1.00 e. The first-order valence-corrected chi connectivity index (χ1v) is 4.19. The Kier molecular flexibility index (Phi) is 102. The summed E-state index contributed by atoms with van der Waals surface area (Å²) < 4.78 is 0. The van der Waals surface area contributed by atoms with Crippen molar-refractivity contribution in [2.24, 2.45) is 16.0 Å². The molecule has 17 heteroatoms. The number of rotatable bonds is 2. The molecule has 0 aliphatic carbocycles. The maximum atomic E-state index is 10.7. The van der Waals surface area contributed by atoms with Gasteiger partial charge in [-0.25, -0.2) is 4.79 Å². The Bertz CT molecular complexity index is 417. The molecule has 124 valence electrons. The molecule has 0 aliphatic rings. The first kappa shape index (κ1) is 50.6. The van der Waals surface area contributed by atoms with Crippen LogP contribution in [0.4, 0.5) is 0 Å². The van der Waals surface area contributed by atoms with Gasteiger partial charge in [0.05, 0.1) is 5.56 Å². The van der Waals surface area contributed by atoms with Gasteiger partial charge >= 0.3 is 170 Å². The van der Waals surface area contributed by atoms with Crippen LogP contribution in [0.25, 0.3) is 0 Å². The predicted molar refractivity (Wildman–Crippen MR) is 80.8 cm³/mol. The van der Waals surface area contributed by atoms with Crippen molar-refractivity contribution in [2.75, 3.05) is 0 Å². The first-order chi connectivity index (χ1) is 9.59. The average Bonchev–Trinajstić information content (AvgIpc) is 2.43. The van der Waals surface area contributed by atoms with Gasteiger partial charge in [-0.05, 0) is 12.1 Å². The number of carboxylic acid groups (broad SMARTS) is 1. The van der Waals surface area contributed by atoms with Crippen LogP contribution in [0.5, 0.6) is 0 Å². The molecule has 3 N–H and O–H groups in total. The van der Waals surface area contributed by atoms with Crippen LogP contribution in [0.15, 0.2) is 46.4 Å². The number of carbonyl (C=O) groups is 2. The van der Waals surface area contributed by atoms with Crippen molar-refractivity contribution >= 4 is 87.9 Å². The minimum absolute atomic E-state index is 0. The van der Waals surface area contributed by atoms with Gasteiger partial charge in [-0.1, -0.05) is 18.2 Å². The van der Waals surface area contributed by atoms with E-state index in [0.717, 1.165) is 0 Å². The fourth-order valence-electron chi connectivity index (χ4n) is 0.661. The maximum absolute atomic E-state index is 10.7. The van der Waals surface area contributed by atoms with E-state index in [1.54, 1.807) is 18.2 Å². The molecule has 0 saturated heterocycles. The third-order valence-electron chi connectivity index (χ3n) is 1.13. The van der Waals surface area contributed by atoms with Crippen molar-refractivity contribution in [1.29, 1.82) is 0 Å². The molecule has 12 nitrogen and oxygen atoms in total. The van der Waals surface area contributed by atoms with E-state index in [0.29, 0.717) is 5.56 Å². The Morgan fingerprint density at radius 2 is 1.24 bits per heavy atom. The Balaban J connectivity index is -0.00000000956. The molecule has 0 unspecified atom stereocenters.